The number of carbonyl (C=O) groups is 2. The molecule has 156 valence electrons. The lowest BCUT2D eigenvalue weighted by Crippen LogP contribution is -2.45. The second-order valence-electron chi connectivity index (χ2n) is 8.29. The van der Waals surface area contributed by atoms with Gasteiger partial charge in [0.2, 0.25) is 0 Å². The number of aliphatic hydroxyl groups is 1. The summed E-state index contributed by atoms with van der Waals surface area (Å²) >= 11 is 0. The van der Waals surface area contributed by atoms with Crippen LogP contribution >= 0.6 is 0 Å². The van der Waals surface area contributed by atoms with Crippen LogP contribution in [0.2, 0.25) is 0 Å². The summed E-state index contributed by atoms with van der Waals surface area (Å²) in [6, 6.07) is 7.65. The van der Waals surface area contributed by atoms with Gasteiger partial charge in [0.1, 0.15) is 11.4 Å². The van der Waals surface area contributed by atoms with Crippen LogP contribution < -0.4 is 0 Å². The molecule has 0 aromatic heterocycles. The molecular weight excluding hydrogens is 374 g/mol. The zero-order valence-corrected chi connectivity index (χ0v) is 17.1. The summed E-state index contributed by atoms with van der Waals surface area (Å²) in [4.78, 5) is 26.6. The van der Waals surface area contributed by atoms with Crippen molar-refractivity contribution in [3.8, 4) is 5.75 Å². The molecule has 0 radical (unpaired) electrons. The highest BCUT2D eigenvalue weighted by molar-refractivity contribution is 6.06. The Labute approximate surface area is 169 Å². The Morgan fingerprint density at radius 3 is 2.52 bits per heavy atom. The minimum Gasteiger partial charge on any atom is -0.508 e. The number of esters is 1. The Hall–Kier alpha value is -2.80. The summed E-state index contributed by atoms with van der Waals surface area (Å²) in [6.07, 6.45) is -0.230. The zero-order chi connectivity index (χ0) is 21.3. The van der Waals surface area contributed by atoms with Gasteiger partial charge in [0, 0.05) is 6.54 Å². The van der Waals surface area contributed by atoms with Crippen molar-refractivity contribution < 1.29 is 29.3 Å². The molecule has 1 saturated heterocycles. The lowest BCUT2D eigenvalue weighted by Gasteiger charge is -2.39. The third-order valence-corrected chi connectivity index (χ3v) is 5.00. The quantitative estimate of drug-likeness (QED) is 0.744. The monoisotopic (exact) mass is 401 g/mol. The van der Waals surface area contributed by atoms with Gasteiger partial charge in [-0.3, -0.25) is 0 Å². The van der Waals surface area contributed by atoms with E-state index in [1.165, 1.54) is 13.2 Å². The average Bonchev–Trinajstić information content (AvgIpc) is 2.64. The normalized spacial score (nSPS) is 19.8. The van der Waals surface area contributed by atoms with Crippen molar-refractivity contribution in [1.29, 1.82) is 0 Å². The molecule has 7 nitrogen and oxygen atoms in total. The van der Waals surface area contributed by atoms with Crippen LogP contribution in [0.1, 0.15) is 55.6 Å². The summed E-state index contributed by atoms with van der Waals surface area (Å²) in [7, 11) is 1.31. The molecule has 1 aliphatic heterocycles. The Morgan fingerprint density at radius 1 is 1.14 bits per heavy atom. The van der Waals surface area contributed by atoms with Crippen molar-refractivity contribution in [2.24, 2.45) is 0 Å². The minimum atomic E-state index is -0.646. The summed E-state index contributed by atoms with van der Waals surface area (Å²) in [6.45, 7) is 5.76. The number of piperidine rings is 1. The standard InChI is InChI=1S/C22H27NO6/c1-22(2,3)29-21(27)23-10-9-14(25)12-19(23)16-7-8-17(20(26)28-4)15-6-5-13(24)11-18(15)16/h5-8,11,14,19,24-25H,9-10,12H2,1-4H3/t14-,19-/m0/s1. The van der Waals surface area contributed by atoms with Crippen LogP contribution in [0.25, 0.3) is 10.8 Å². The topological polar surface area (TPSA) is 96.3 Å². The van der Waals surface area contributed by atoms with E-state index in [2.05, 4.69) is 0 Å². The zero-order valence-electron chi connectivity index (χ0n) is 17.1. The van der Waals surface area contributed by atoms with Crippen molar-refractivity contribution in [3.63, 3.8) is 0 Å². The van der Waals surface area contributed by atoms with E-state index in [-0.39, 0.29) is 5.75 Å². The maximum Gasteiger partial charge on any atom is 0.410 e. The van der Waals surface area contributed by atoms with Crippen LogP contribution in [-0.4, -0.2) is 52.5 Å². The van der Waals surface area contributed by atoms with E-state index in [1.807, 2.05) is 0 Å². The van der Waals surface area contributed by atoms with Gasteiger partial charge in [0.15, 0.2) is 0 Å². The van der Waals surface area contributed by atoms with E-state index in [1.54, 1.807) is 49.9 Å². The molecule has 29 heavy (non-hydrogen) atoms. The number of aliphatic hydroxyl groups excluding tert-OH is 1. The molecule has 0 unspecified atom stereocenters. The van der Waals surface area contributed by atoms with E-state index in [0.717, 1.165) is 5.56 Å². The summed E-state index contributed by atoms with van der Waals surface area (Å²) in [5.41, 5.74) is 0.451. The number of rotatable bonds is 2. The predicted octanol–water partition coefficient (Wildman–Crippen LogP) is 3.76. The second-order valence-corrected chi connectivity index (χ2v) is 8.29. The van der Waals surface area contributed by atoms with Crippen LogP contribution in [0.15, 0.2) is 30.3 Å². The number of hydrogen-bond donors (Lipinski definition) is 2. The number of carbonyl (C=O) groups excluding carboxylic acids is 2. The van der Waals surface area contributed by atoms with Crippen LogP contribution in [0.5, 0.6) is 5.75 Å². The molecule has 0 aliphatic carbocycles. The molecule has 2 atom stereocenters. The van der Waals surface area contributed by atoms with Crippen LogP contribution in [0, 0.1) is 0 Å². The molecule has 2 aromatic carbocycles. The van der Waals surface area contributed by atoms with Gasteiger partial charge in [-0.15, -0.1) is 0 Å². The first-order valence-electron chi connectivity index (χ1n) is 9.62. The second kappa shape index (κ2) is 7.91. The molecular formula is C22H27NO6. The molecule has 3 rings (SSSR count). The number of nitrogens with zero attached hydrogens (tertiary/aromatic N) is 1. The molecule has 2 aromatic rings. The number of ether oxygens (including phenoxy) is 2. The molecule has 1 heterocycles. The van der Waals surface area contributed by atoms with E-state index in [0.29, 0.717) is 35.7 Å². The number of benzene rings is 2. The molecule has 1 amide bonds. The average molecular weight is 401 g/mol. The van der Waals surface area contributed by atoms with E-state index in [4.69, 9.17) is 9.47 Å². The SMILES string of the molecule is COC(=O)c1ccc([C@@H]2C[C@@H](O)CCN2C(=O)OC(C)(C)C)c2cc(O)ccc12. The Morgan fingerprint density at radius 2 is 1.86 bits per heavy atom. The number of aromatic hydroxyl groups is 1. The molecule has 0 saturated carbocycles. The van der Waals surface area contributed by atoms with Crippen molar-refractivity contribution in [2.75, 3.05) is 13.7 Å². The molecule has 7 heteroatoms. The highest BCUT2D eigenvalue weighted by atomic mass is 16.6. The number of phenolic OH excluding ortho intramolecular Hbond substituents is 1. The van der Waals surface area contributed by atoms with Gasteiger partial charge in [-0.2, -0.15) is 0 Å². The fourth-order valence-corrected chi connectivity index (χ4v) is 3.72. The Bertz CT molecular complexity index is 933. The van der Waals surface area contributed by atoms with Gasteiger partial charge in [-0.05, 0) is 74.2 Å². The number of fused-ring (bicyclic) bond motifs is 1. The minimum absolute atomic E-state index is 0.0425. The molecule has 1 aliphatic rings. The lowest BCUT2D eigenvalue weighted by molar-refractivity contribution is -0.00820. The van der Waals surface area contributed by atoms with E-state index in [9.17, 15) is 19.8 Å². The summed E-state index contributed by atoms with van der Waals surface area (Å²) in [5.74, 6) is -0.444. The first-order valence-corrected chi connectivity index (χ1v) is 9.62. The van der Waals surface area contributed by atoms with Crippen molar-refractivity contribution in [2.45, 2.75) is 51.4 Å². The predicted molar refractivity (Wildman–Crippen MR) is 108 cm³/mol. The van der Waals surface area contributed by atoms with Gasteiger partial charge in [0.05, 0.1) is 24.8 Å². The van der Waals surface area contributed by atoms with E-state index >= 15 is 0 Å². The smallest absolute Gasteiger partial charge is 0.410 e. The van der Waals surface area contributed by atoms with Gasteiger partial charge < -0.3 is 24.6 Å². The molecule has 1 fully saturated rings. The maximum absolute atomic E-state index is 12.8. The third-order valence-electron chi connectivity index (χ3n) is 5.00. The van der Waals surface area contributed by atoms with Crippen LogP contribution in [0.4, 0.5) is 4.79 Å². The fraction of sp³-hybridized carbons (Fsp3) is 0.455. The number of hydrogen-bond acceptors (Lipinski definition) is 6. The Balaban J connectivity index is 2.12. The van der Waals surface area contributed by atoms with Gasteiger partial charge in [0.25, 0.3) is 0 Å². The fourth-order valence-electron chi connectivity index (χ4n) is 3.72. The van der Waals surface area contributed by atoms with E-state index < -0.39 is 29.8 Å². The van der Waals surface area contributed by atoms with Crippen LogP contribution in [-0.2, 0) is 9.47 Å². The number of likely N-dealkylation sites (tertiary alicyclic amines) is 1. The largest absolute Gasteiger partial charge is 0.508 e. The van der Waals surface area contributed by atoms with Gasteiger partial charge >= 0.3 is 12.1 Å². The number of phenols is 1. The first kappa shape index (κ1) is 20.9. The lowest BCUT2D eigenvalue weighted by atomic mass is 9.88. The maximum atomic E-state index is 12.8. The summed E-state index contributed by atoms with van der Waals surface area (Å²) in [5, 5.41) is 21.6. The molecule has 2 N–H and O–H groups in total. The van der Waals surface area contributed by atoms with Crippen molar-refractivity contribution in [3.05, 3.63) is 41.5 Å². The number of amides is 1. The van der Waals surface area contributed by atoms with Crippen LogP contribution in [0.3, 0.4) is 0 Å². The van der Waals surface area contributed by atoms with Gasteiger partial charge in [-0.25, -0.2) is 9.59 Å². The highest BCUT2D eigenvalue weighted by Crippen LogP contribution is 2.38. The first-order chi connectivity index (χ1) is 13.6. The number of methoxy groups -OCH3 is 1. The van der Waals surface area contributed by atoms with Crippen molar-refractivity contribution in [1.82, 2.24) is 4.90 Å². The highest BCUT2D eigenvalue weighted by Gasteiger charge is 2.35. The summed E-state index contributed by atoms with van der Waals surface area (Å²) < 4.78 is 10.4. The third kappa shape index (κ3) is 4.45. The molecule has 0 bridgehead atoms. The Kier molecular flexibility index (Phi) is 5.71. The molecule has 0 spiro atoms. The van der Waals surface area contributed by atoms with Crippen molar-refractivity contribution >= 4 is 22.8 Å². The van der Waals surface area contributed by atoms with Gasteiger partial charge in [-0.1, -0.05) is 6.07 Å².